The molecule has 4 heteroatoms. The zero-order valence-corrected chi connectivity index (χ0v) is 17.4. The third-order valence-electron chi connectivity index (χ3n) is 6.57. The molecule has 2 heterocycles. The van der Waals surface area contributed by atoms with Crippen LogP contribution in [0.3, 0.4) is 0 Å². The number of amides is 1. The number of ether oxygens (including phenoxy) is 1. The molecule has 4 nitrogen and oxygen atoms in total. The maximum absolute atomic E-state index is 13.4. The molecule has 29 heavy (non-hydrogen) atoms. The number of hydrogen-bond donors (Lipinski definition) is 1. The number of benzene rings is 2. The van der Waals surface area contributed by atoms with Crippen LogP contribution in [0.25, 0.3) is 0 Å². The molecule has 2 aliphatic rings. The van der Waals surface area contributed by atoms with Crippen LogP contribution in [0, 0.1) is 0 Å². The van der Waals surface area contributed by atoms with Crippen LogP contribution in [0.4, 0.5) is 5.69 Å². The van der Waals surface area contributed by atoms with E-state index in [2.05, 4.69) is 53.5 Å². The van der Waals surface area contributed by atoms with Gasteiger partial charge in [-0.05, 0) is 62.3 Å². The lowest BCUT2D eigenvalue weighted by atomic mass is 9.73. The molecule has 0 spiro atoms. The van der Waals surface area contributed by atoms with Gasteiger partial charge in [-0.3, -0.25) is 4.79 Å². The molecule has 1 N–H and O–H groups in total. The first-order valence-corrected chi connectivity index (χ1v) is 11.0. The first-order chi connectivity index (χ1) is 14.2. The molecule has 2 aromatic rings. The second-order valence-corrected chi connectivity index (χ2v) is 8.39. The first kappa shape index (κ1) is 20.0. The molecule has 1 unspecified atom stereocenters. The smallest absolute Gasteiger partial charge is 0.231 e. The van der Waals surface area contributed by atoms with E-state index in [4.69, 9.17) is 4.74 Å². The summed E-state index contributed by atoms with van der Waals surface area (Å²) in [5.41, 5.74) is 3.03. The van der Waals surface area contributed by atoms with Crippen LogP contribution in [0.2, 0.25) is 0 Å². The SMILES string of the molecule is CC(NC(=O)C1(c2ccccc2)CCOCC1)c1ccc(N2CCCCC2)cc1. The molecule has 0 aliphatic carbocycles. The maximum Gasteiger partial charge on any atom is 0.231 e. The van der Waals surface area contributed by atoms with E-state index in [9.17, 15) is 4.79 Å². The Kier molecular flexibility index (Phi) is 6.19. The summed E-state index contributed by atoms with van der Waals surface area (Å²) in [6, 6.07) is 18.9. The Bertz CT molecular complexity index is 791. The fraction of sp³-hybridized carbons (Fsp3) is 0.480. The van der Waals surface area contributed by atoms with Gasteiger partial charge in [-0.15, -0.1) is 0 Å². The molecule has 0 saturated carbocycles. The Labute approximate surface area is 174 Å². The highest BCUT2D eigenvalue weighted by Crippen LogP contribution is 2.36. The fourth-order valence-electron chi connectivity index (χ4n) is 4.67. The van der Waals surface area contributed by atoms with E-state index in [1.807, 2.05) is 18.2 Å². The summed E-state index contributed by atoms with van der Waals surface area (Å²) in [5.74, 6) is 0.111. The van der Waals surface area contributed by atoms with Gasteiger partial charge in [0.2, 0.25) is 5.91 Å². The predicted octanol–water partition coefficient (Wildman–Crippen LogP) is 4.60. The third-order valence-corrected chi connectivity index (χ3v) is 6.57. The van der Waals surface area contributed by atoms with Crippen LogP contribution < -0.4 is 10.2 Å². The van der Waals surface area contributed by atoms with Crippen molar-refractivity contribution >= 4 is 11.6 Å². The Morgan fingerprint density at radius 2 is 1.62 bits per heavy atom. The van der Waals surface area contributed by atoms with Crippen molar-refractivity contribution in [1.29, 1.82) is 0 Å². The summed E-state index contributed by atoms with van der Waals surface area (Å²) in [5, 5.41) is 3.30. The molecule has 2 aromatic carbocycles. The van der Waals surface area contributed by atoms with Crippen LogP contribution in [0.5, 0.6) is 0 Å². The Morgan fingerprint density at radius 3 is 2.28 bits per heavy atom. The van der Waals surface area contributed by atoms with E-state index in [-0.39, 0.29) is 11.9 Å². The average Bonchev–Trinajstić information content (AvgIpc) is 2.80. The second kappa shape index (κ2) is 9.00. The summed E-state index contributed by atoms with van der Waals surface area (Å²) in [6.07, 6.45) is 5.35. The Morgan fingerprint density at radius 1 is 0.966 bits per heavy atom. The standard InChI is InChI=1S/C25H32N2O2/c1-20(21-10-12-23(13-11-21)27-16-6-3-7-17-27)26-24(28)25(14-18-29-19-15-25)22-8-4-2-5-9-22/h2,4-5,8-13,20H,3,6-7,14-19H2,1H3,(H,26,28). The Hall–Kier alpha value is -2.33. The maximum atomic E-state index is 13.4. The second-order valence-electron chi connectivity index (χ2n) is 8.39. The monoisotopic (exact) mass is 392 g/mol. The molecule has 1 amide bonds. The van der Waals surface area contributed by atoms with Crippen molar-refractivity contribution in [3.8, 4) is 0 Å². The molecule has 0 radical (unpaired) electrons. The number of anilines is 1. The predicted molar refractivity (Wildman–Crippen MR) is 117 cm³/mol. The van der Waals surface area contributed by atoms with Crippen molar-refractivity contribution < 1.29 is 9.53 Å². The fourth-order valence-corrected chi connectivity index (χ4v) is 4.67. The zero-order valence-electron chi connectivity index (χ0n) is 17.4. The van der Waals surface area contributed by atoms with Gasteiger partial charge in [-0.25, -0.2) is 0 Å². The zero-order chi connectivity index (χ0) is 20.1. The van der Waals surface area contributed by atoms with E-state index in [1.54, 1.807) is 0 Å². The molecule has 2 saturated heterocycles. The van der Waals surface area contributed by atoms with Crippen LogP contribution in [0.15, 0.2) is 54.6 Å². The topological polar surface area (TPSA) is 41.6 Å². The number of carbonyl (C=O) groups excluding carboxylic acids is 1. The number of rotatable bonds is 5. The lowest BCUT2D eigenvalue weighted by molar-refractivity contribution is -0.131. The molecule has 154 valence electrons. The molecule has 2 fully saturated rings. The minimum absolute atomic E-state index is 0.0265. The lowest BCUT2D eigenvalue weighted by Gasteiger charge is -2.37. The van der Waals surface area contributed by atoms with Crippen molar-refractivity contribution in [3.63, 3.8) is 0 Å². The number of nitrogens with zero attached hydrogens (tertiary/aromatic N) is 1. The van der Waals surface area contributed by atoms with E-state index in [0.717, 1.165) is 37.1 Å². The van der Waals surface area contributed by atoms with Crippen LogP contribution in [-0.2, 0) is 14.9 Å². The molecule has 4 rings (SSSR count). The molecule has 2 aliphatic heterocycles. The van der Waals surface area contributed by atoms with Gasteiger partial charge in [0, 0.05) is 32.0 Å². The highest BCUT2D eigenvalue weighted by atomic mass is 16.5. The van der Waals surface area contributed by atoms with E-state index >= 15 is 0 Å². The van der Waals surface area contributed by atoms with Crippen molar-refractivity contribution in [2.45, 2.75) is 50.5 Å². The van der Waals surface area contributed by atoms with Gasteiger partial charge in [0.15, 0.2) is 0 Å². The van der Waals surface area contributed by atoms with Crippen molar-refractivity contribution in [2.24, 2.45) is 0 Å². The van der Waals surface area contributed by atoms with Gasteiger partial charge in [-0.2, -0.15) is 0 Å². The van der Waals surface area contributed by atoms with Crippen molar-refractivity contribution in [3.05, 3.63) is 65.7 Å². The van der Waals surface area contributed by atoms with Crippen molar-refractivity contribution in [2.75, 3.05) is 31.2 Å². The van der Waals surface area contributed by atoms with Crippen LogP contribution >= 0.6 is 0 Å². The number of nitrogens with one attached hydrogen (secondary N) is 1. The summed E-state index contributed by atoms with van der Waals surface area (Å²) in [4.78, 5) is 15.9. The van der Waals surface area contributed by atoms with E-state index in [1.165, 1.54) is 24.9 Å². The number of carbonyl (C=O) groups is 1. The Balaban J connectivity index is 1.47. The molecule has 1 atom stereocenters. The van der Waals surface area contributed by atoms with Gasteiger partial charge in [0.05, 0.1) is 11.5 Å². The molecule has 0 aromatic heterocycles. The summed E-state index contributed by atoms with van der Waals surface area (Å²) >= 11 is 0. The molecular weight excluding hydrogens is 360 g/mol. The summed E-state index contributed by atoms with van der Waals surface area (Å²) in [6.45, 7) is 5.62. The van der Waals surface area contributed by atoms with Crippen LogP contribution in [-0.4, -0.2) is 32.2 Å². The minimum atomic E-state index is -0.499. The van der Waals surface area contributed by atoms with Crippen LogP contribution in [0.1, 0.15) is 56.2 Å². The van der Waals surface area contributed by atoms with Gasteiger partial charge in [0.25, 0.3) is 0 Å². The quantitative estimate of drug-likeness (QED) is 0.808. The number of piperidine rings is 1. The normalized spacial score (nSPS) is 20.1. The summed E-state index contributed by atoms with van der Waals surface area (Å²) < 4.78 is 5.57. The van der Waals surface area contributed by atoms with E-state index < -0.39 is 5.41 Å². The first-order valence-electron chi connectivity index (χ1n) is 11.0. The minimum Gasteiger partial charge on any atom is -0.381 e. The third kappa shape index (κ3) is 4.32. The lowest BCUT2D eigenvalue weighted by Crippen LogP contribution is -2.48. The number of hydrogen-bond acceptors (Lipinski definition) is 3. The average molecular weight is 393 g/mol. The molecular formula is C25H32N2O2. The summed E-state index contributed by atoms with van der Waals surface area (Å²) in [7, 11) is 0. The van der Waals surface area contributed by atoms with Gasteiger partial charge in [0.1, 0.15) is 0 Å². The van der Waals surface area contributed by atoms with E-state index in [0.29, 0.717) is 13.2 Å². The van der Waals surface area contributed by atoms with Gasteiger partial charge in [-0.1, -0.05) is 42.5 Å². The molecule has 0 bridgehead atoms. The highest BCUT2D eigenvalue weighted by molar-refractivity contribution is 5.88. The van der Waals surface area contributed by atoms with Gasteiger partial charge < -0.3 is 15.0 Å². The van der Waals surface area contributed by atoms with Crippen molar-refractivity contribution in [1.82, 2.24) is 5.32 Å². The largest absolute Gasteiger partial charge is 0.381 e. The highest BCUT2D eigenvalue weighted by Gasteiger charge is 2.42. The van der Waals surface area contributed by atoms with Gasteiger partial charge >= 0.3 is 0 Å².